The first-order valence-electron chi connectivity index (χ1n) is 5.37. The van der Waals surface area contributed by atoms with Gasteiger partial charge in [0.1, 0.15) is 17.6 Å². The van der Waals surface area contributed by atoms with Crippen molar-refractivity contribution in [3.8, 4) is 11.8 Å². The summed E-state index contributed by atoms with van der Waals surface area (Å²) in [6.07, 6.45) is -4.75. The second kappa shape index (κ2) is 5.91. The lowest BCUT2D eigenvalue weighted by Crippen LogP contribution is -2.10. The largest absolute Gasteiger partial charge is 0.416 e. The summed E-state index contributed by atoms with van der Waals surface area (Å²) in [5, 5.41) is 12.1. The Morgan fingerprint density at radius 1 is 1.41 bits per heavy atom. The minimum Gasteiger partial charge on any atom is -0.383 e. The van der Waals surface area contributed by atoms with E-state index in [4.69, 9.17) is 22.6 Å². The van der Waals surface area contributed by atoms with Gasteiger partial charge in [-0.1, -0.05) is 22.4 Å². The molecule has 22 heavy (non-hydrogen) atoms. The zero-order valence-electron chi connectivity index (χ0n) is 10.3. The van der Waals surface area contributed by atoms with E-state index in [1.54, 1.807) is 6.07 Å². The molecule has 0 aliphatic heterocycles. The molecule has 0 saturated carbocycles. The van der Waals surface area contributed by atoms with Gasteiger partial charge >= 0.3 is 6.18 Å². The number of hydrogen-bond acceptors (Lipinski definition) is 5. The average Bonchev–Trinajstić information content (AvgIpc) is 2.73. The van der Waals surface area contributed by atoms with Crippen LogP contribution in [0.2, 0.25) is 5.02 Å². The summed E-state index contributed by atoms with van der Waals surface area (Å²) in [5.74, 6) is -1.42. The molecule has 11 heteroatoms. The van der Waals surface area contributed by atoms with Crippen molar-refractivity contribution in [3.05, 3.63) is 34.2 Å². The Bertz CT molecular complexity index is 759. The van der Waals surface area contributed by atoms with Crippen LogP contribution in [0.5, 0.6) is 0 Å². The van der Waals surface area contributed by atoms with Crippen molar-refractivity contribution < 1.29 is 17.6 Å². The van der Waals surface area contributed by atoms with Crippen LogP contribution in [0.15, 0.2) is 17.0 Å². The lowest BCUT2D eigenvalue weighted by atomic mass is 10.2. The Morgan fingerprint density at radius 2 is 2.05 bits per heavy atom. The van der Waals surface area contributed by atoms with Crippen molar-refractivity contribution in [2.24, 2.45) is 0 Å². The Morgan fingerprint density at radius 3 is 2.45 bits per heavy atom. The van der Waals surface area contributed by atoms with E-state index in [1.165, 1.54) is 0 Å². The van der Waals surface area contributed by atoms with Gasteiger partial charge in [-0.05, 0) is 12.1 Å². The highest BCUT2D eigenvalue weighted by molar-refractivity contribution is 8.68. The van der Waals surface area contributed by atoms with E-state index in [9.17, 15) is 17.6 Å². The number of thiol groups is 1. The molecule has 0 unspecified atom stereocenters. The summed E-state index contributed by atoms with van der Waals surface area (Å²) < 4.78 is 52.6. The fourth-order valence-corrected chi connectivity index (χ4v) is 2.86. The van der Waals surface area contributed by atoms with Crippen LogP contribution in [-0.4, -0.2) is 9.78 Å². The van der Waals surface area contributed by atoms with E-state index >= 15 is 0 Å². The zero-order valence-corrected chi connectivity index (χ0v) is 12.8. The van der Waals surface area contributed by atoms with E-state index in [-0.39, 0.29) is 22.5 Å². The molecule has 2 N–H and O–H groups in total. The van der Waals surface area contributed by atoms with Crippen LogP contribution in [0.4, 0.5) is 23.4 Å². The molecule has 0 fully saturated rings. The molecule has 0 amide bonds. The van der Waals surface area contributed by atoms with Gasteiger partial charge in [-0.2, -0.15) is 23.5 Å². The van der Waals surface area contributed by atoms with E-state index in [0.29, 0.717) is 6.07 Å². The predicted molar refractivity (Wildman–Crippen MR) is 77.5 cm³/mol. The Kier molecular flexibility index (Phi) is 4.51. The highest BCUT2D eigenvalue weighted by Gasteiger charge is 2.33. The molecule has 0 atom stereocenters. The van der Waals surface area contributed by atoms with Gasteiger partial charge < -0.3 is 5.73 Å². The Balaban J connectivity index is 2.70. The molecule has 0 aliphatic carbocycles. The second-order valence-corrected chi connectivity index (χ2v) is 5.51. The lowest BCUT2D eigenvalue weighted by Gasteiger charge is -2.12. The minimum absolute atomic E-state index is 0.145. The van der Waals surface area contributed by atoms with E-state index in [2.05, 4.69) is 16.8 Å². The summed E-state index contributed by atoms with van der Waals surface area (Å²) in [5.41, 5.74) is 3.85. The molecular weight excluding hydrogens is 364 g/mol. The summed E-state index contributed by atoms with van der Waals surface area (Å²) in [4.78, 5) is 0.154. The van der Waals surface area contributed by atoms with Crippen molar-refractivity contribution >= 4 is 39.9 Å². The van der Waals surface area contributed by atoms with E-state index < -0.39 is 28.3 Å². The van der Waals surface area contributed by atoms with Gasteiger partial charge in [-0.25, -0.2) is 9.07 Å². The first kappa shape index (κ1) is 16.8. The molecule has 1 heterocycles. The summed E-state index contributed by atoms with van der Waals surface area (Å²) >= 11 is 9.62. The highest BCUT2D eigenvalue weighted by atomic mass is 35.5. The van der Waals surface area contributed by atoms with Gasteiger partial charge in [-0.3, -0.25) is 0 Å². The maximum atomic E-state index is 14.0. The van der Waals surface area contributed by atoms with Crippen LogP contribution in [0.25, 0.3) is 5.69 Å². The van der Waals surface area contributed by atoms with Gasteiger partial charge in [0.2, 0.25) is 0 Å². The molecule has 1 aromatic carbocycles. The van der Waals surface area contributed by atoms with Gasteiger partial charge in [-0.15, -0.1) is 11.7 Å². The molecule has 2 rings (SSSR count). The van der Waals surface area contributed by atoms with Crippen LogP contribution < -0.4 is 5.73 Å². The van der Waals surface area contributed by atoms with E-state index in [0.717, 1.165) is 15.5 Å². The molecule has 2 aromatic rings. The van der Waals surface area contributed by atoms with Crippen LogP contribution >= 0.6 is 34.1 Å². The number of benzene rings is 1. The number of nitriles is 1. The van der Waals surface area contributed by atoms with Crippen LogP contribution in [0.3, 0.4) is 0 Å². The number of alkyl halides is 3. The third kappa shape index (κ3) is 2.84. The first-order valence-corrected chi connectivity index (χ1v) is 7.62. The number of rotatable bonds is 2. The molecule has 4 nitrogen and oxygen atoms in total. The number of aromatic nitrogens is 2. The van der Waals surface area contributed by atoms with Crippen molar-refractivity contribution in [3.63, 3.8) is 0 Å². The van der Waals surface area contributed by atoms with Crippen LogP contribution in [0, 0.1) is 17.1 Å². The Hall–Kier alpha value is -1.57. The lowest BCUT2D eigenvalue weighted by molar-refractivity contribution is -0.137. The fraction of sp³-hybridized carbons (Fsp3) is 0.0909. The smallest absolute Gasteiger partial charge is 0.383 e. The number of halogens is 5. The highest BCUT2D eigenvalue weighted by Crippen LogP contribution is 2.38. The molecule has 1 aromatic heterocycles. The molecule has 0 spiro atoms. The number of nitrogens with zero attached hydrogens (tertiary/aromatic N) is 3. The topological polar surface area (TPSA) is 67.6 Å². The van der Waals surface area contributed by atoms with E-state index in [1.807, 2.05) is 0 Å². The third-order valence-corrected chi connectivity index (χ3v) is 4.05. The SMILES string of the molecule is N#Cc1nn(-c2c(F)cc(C(F)(F)F)cc2Cl)c(N)c1SS. The van der Waals surface area contributed by atoms with Crippen molar-refractivity contribution in [2.75, 3.05) is 5.73 Å². The number of anilines is 1. The van der Waals surface area contributed by atoms with Gasteiger partial charge in [0.15, 0.2) is 11.5 Å². The van der Waals surface area contributed by atoms with Crippen molar-refractivity contribution in [2.45, 2.75) is 11.1 Å². The average molecular weight is 369 g/mol. The monoisotopic (exact) mass is 368 g/mol. The second-order valence-electron chi connectivity index (χ2n) is 3.96. The standard InChI is InChI=1S/C11H5ClF4N4S2/c12-5-1-4(11(14,15)16)2-6(13)8(5)20-10(18)9(22-21)7(3-17)19-20/h1-2,21H,18H2. The van der Waals surface area contributed by atoms with Crippen molar-refractivity contribution in [1.29, 1.82) is 5.26 Å². The van der Waals surface area contributed by atoms with Crippen LogP contribution in [-0.2, 0) is 6.18 Å². The quantitative estimate of drug-likeness (QED) is 0.476. The predicted octanol–water partition coefficient (Wildman–Crippen LogP) is 4.07. The normalized spacial score (nSPS) is 11.5. The van der Waals surface area contributed by atoms with Gasteiger partial charge in [0.05, 0.1) is 15.5 Å². The molecule has 0 saturated heterocycles. The van der Waals surface area contributed by atoms with Gasteiger partial charge in [0.25, 0.3) is 0 Å². The Labute approximate surface area is 135 Å². The third-order valence-electron chi connectivity index (χ3n) is 2.63. The first-order chi connectivity index (χ1) is 10.2. The fourth-order valence-electron chi connectivity index (χ4n) is 1.68. The van der Waals surface area contributed by atoms with Crippen LogP contribution in [0.1, 0.15) is 11.3 Å². The summed E-state index contributed by atoms with van der Waals surface area (Å²) in [6.45, 7) is 0. The molecular formula is C11H5ClF4N4S2. The molecule has 0 aliphatic rings. The molecule has 0 radical (unpaired) electrons. The number of nitrogen functional groups attached to an aromatic ring is 1. The summed E-state index contributed by atoms with van der Waals surface area (Å²) in [6, 6.07) is 2.56. The minimum atomic E-state index is -4.75. The maximum absolute atomic E-state index is 14.0. The molecule has 0 bridgehead atoms. The summed E-state index contributed by atoms with van der Waals surface area (Å²) in [7, 11) is 0.799. The molecule has 116 valence electrons. The zero-order chi connectivity index (χ0) is 16.7. The maximum Gasteiger partial charge on any atom is 0.416 e. The van der Waals surface area contributed by atoms with Gasteiger partial charge in [0, 0.05) is 0 Å². The number of hydrogen-bond donors (Lipinski definition) is 2. The van der Waals surface area contributed by atoms with Crippen molar-refractivity contribution in [1.82, 2.24) is 9.78 Å². The number of nitrogens with two attached hydrogens (primary N) is 1.